The fourth-order valence-corrected chi connectivity index (χ4v) is 4.64. The first-order valence-electron chi connectivity index (χ1n) is 10.5. The van der Waals surface area contributed by atoms with Gasteiger partial charge in [0.2, 0.25) is 0 Å². The lowest BCUT2D eigenvalue weighted by Crippen LogP contribution is -2.31. The van der Waals surface area contributed by atoms with Crippen LogP contribution in [0.5, 0.6) is 0 Å². The molecule has 31 heavy (non-hydrogen) atoms. The molecule has 3 amide bonds. The van der Waals surface area contributed by atoms with E-state index >= 15 is 0 Å². The number of benzene rings is 2. The zero-order valence-corrected chi connectivity index (χ0v) is 17.3. The second-order valence-corrected chi connectivity index (χ2v) is 8.14. The third-order valence-corrected chi connectivity index (χ3v) is 6.24. The first-order valence-corrected chi connectivity index (χ1v) is 10.5. The molecule has 2 aliphatic heterocycles. The van der Waals surface area contributed by atoms with E-state index in [0.29, 0.717) is 23.2 Å². The summed E-state index contributed by atoms with van der Waals surface area (Å²) in [6.45, 7) is 0.900. The molecule has 2 aromatic carbocycles. The van der Waals surface area contributed by atoms with Gasteiger partial charge in [0.15, 0.2) is 0 Å². The van der Waals surface area contributed by atoms with E-state index in [2.05, 4.69) is 0 Å². The topological polar surface area (TPSA) is 62.6 Å². The van der Waals surface area contributed by atoms with Gasteiger partial charge in [-0.05, 0) is 48.7 Å². The van der Waals surface area contributed by atoms with Crippen molar-refractivity contribution in [3.63, 3.8) is 0 Å². The van der Waals surface area contributed by atoms with Crippen LogP contribution in [0.15, 0.2) is 66.9 Å². The fourth-order valence-electron chi connectivity index (χ4n) is 4.64. The van der Waals surface area contributed by atoms with Crippen LogP contribution in [0.2, 0.25) is 0 Å². The summed E-state index contributed by atoms with van der Waals surface area (Å²) in [6, 6.07) is 18.3. The molecule has 0 N–H and O–H groups in total. The van der Waals surface area contributed by atoms with E-state index in [1.54, 1.807) is 18.2 Å². The summed E-state index contributed by atoms with van der Waals surface area (Å²) in [6.07, 6.45) is 3.84. The Balaban J connectivity index is 1.41. The van der Waals surface area contributed by atoms with Gasteiger partial charge in [0.05, 0.1) is 23.7 Å². The normalized spacial score (nSPS) is 18.0. The SMILES string of the molecule is Cn1cccc1C1CCCN1C(=O)c1ccc2c(c1)C(=O)N(Cc1ccccc1)C2=O. The van der Waals surface area contributed by atoms with Gasteiger partial charge in [0, 0.05) is 31.0 Å². The Bertz CT molecular complexity index is 1180. The maximum Gasteiger partial charge on any atom is 0.261 e. The number of nitrogens with zero attached hydrogens (tertiary/aromatic N) is 3. The average Bonchev–Trinajstić information content (AvgIpc) is 3.49. The number of likely N-dealkylation sites (tertiary alicyclic amines) is 1. The lowest BCUT2D eigenvalue weighted by molar-refractivity contribution is 0.0641. The van der Waals surface area contributed by atoms with Crippen LogP contribution in [0.25, 0.3) is 0 Å². The van der Waals surface area contributed by atoms with E-state index in [0.717, 1.165) is 24.1 Å². The first kappa shape index (κ1) is 19.3. The van der Waals surface area contributed by atoms with Crippen molar-refractivity contribution in [3.05, 3.63) is 94.8 Å². The van der Waals surface area contributed by atoms with Crippen LogP contribution in [0.4, 0.5) is 0 Å². The summed E-state index contributed by atoms with van der Waals surface area (Å²) < 4.78 is 2.04. The van der Waals surface area contributed by atoms with Crippen molar-refractivity contribution in [2.75, 3.05) is 6.54 Å². The largest absolute Gasteiger partial charge is 0.353 e. The second kappa shape index (κ2) is 7.54. The van der Waals surface area contributed by atoms with Gasteiger partial charge in [0.25, 0.3) is 17.7 Å². The predicted octanol–water partition coefficient (Wildman–Crippen LogP) is 3.80. The molecular weight excluding hydrogens is 390 g/mol. The smallest absolute Gasteiger partial charge is 0.261 e. The first-order chi connectivity index (χ1) is 15.0. The van der Waals surface area contributed by atoms with Crippen LogP contribution < -0.4 is 0 Å². The summed E-state index contributed by atoms with van der Waals surface area (Å²) >= 11 is 0. The molecule has 0 saturated carbocycles. The van der Waals surface area contributed by atoms with Crippen LogP contribution in [-0.2, 0) is 13.6 Å². The molecule has 3 heterocycles. The minimum absolute atomic E-state index is 0.0210. The highest BCUT2D eigenvalue weighted by Gasteiger charge is 2.37. The molecule has 156 valence electrons. The summed E-state index contributed by atoms with van der Waals surface area (Å²) in [5.74, 6) is -0.766. The van der Waals surface area contributed by atoms with Gasteiger partial charge in [-0.15, -0.1) is 0 Å². The lowest BCUT2D eigenvalue weighted by Gasteiger charge is -2.25. The van der Waals surface area contributed by atoms with Crippen LogP contribution in [-0.4, -0.2) is 38.6 Å². The van der Waals surface area contributed by atoms with Crippen molar-refractivity contribution in [1.82, 2.24) is 14.4 Å². The van der Waals surface area contributed by atoms with Crippen LogP contribution >= 0.6 is 0 Å². The predicted molar refractivity (Wildman–Crippen MR) is 116 cm³/mol. The minimum atomic E-state index is -0.348. The van der Waals surface area contributed by atoms with E-state index < -0.39 is 0 Å². The van der Waals surface area contributed by atoms with Crippen LogP contribution in [0.1, 0.15) is 61.2 Å². The Hall–Kier alpha value is -3.67. The molecule has 1 unspecified atom stereocenters. The number of amides is 3. The summed E-state index contributed by atoms with van der Waals surface area (Å²) in [5, 5.41) is 0. The molecule has 1 saturated heterocycles. The van der Waals surface area contributed by atoms with Crippen molar-refractivity contribution in [2.24, 2.45) is 7.05 Å². The van der Waals surface area contributed by atoms with E-state index in [1.807, 2.05) is 65.2 Å². The average molecular weight is 413 g/mol. The number of hydrogen-bond acceptors (Lipinski definition) is 3. The highest BCUT2D eigenvalue weighted by molar-refractivity contribution is 6.22. The molecule has 0 aliphatic carbocycles. The van der Waals surface area contributed by atoms with E-state index in [4.69, 9.17) is 0 Å². The molecule has 5 rings (SSSR count). The Labute approximate surface area is 180 Å². The van der Waals surface area contributed by atoms with Crippen molar-refractivity contribution >= 4 is 17.7 Å². The van der Waals surface area contributed by atoms with E-state index in [-0.39, 0.29) is 30.3 Å². The molecule has 1 atom stereocenters. The Morgan fingerprint density at radius 1 is 0.968 bits per heavy atom. The van der Waals surface area contributed by atoms with Crippen molar-refractivity contribution in [3.8, 4) is 0 Å². The van der Waals surface area contributed by atoms with Gasteiger partial charge < -0.3 is 9.47 Å². The van der Waals surface area contributed by atoms with Crippen molar-refractivity contribution < 1.29 is 14.4 Å². The molecule has 6 nitrogen and oxygen atoms in total. The van der Waals surface area contributed by atoms with Gasteiger partial charge in [-0.25, -0.2) is 0 Å². The van der Waals surface area contributed by atoms with Crippen molar-refractivity contribution in [1.29, 1.82) is 0 Å². The summed E-state index contributed by atoms with van der Waals surface area (Å²) in [5.41, 5.74) is 3.10. The Kier molecular flexibility index (Phi) is 4.70. The standard InChI is InChI=1S/C25H23N3O3/c1-26-13-5-9-21(26)22-10-6-14-27(22)23(29)18-11-12-19-20(15-18)25(31)28(24(19)30)16-17-7-3-2-4-8-17/h2-5,7-9,11-13,15,22H,6,10,14,16H2,1H3. The van der Waals surface area contributed by atoms with E-state index in [1.165, 1.54) is 4.90 Å². The monoisotopic (exact) mass is 413 g/mol. The second-order valence-electron chi connectivity index (χ2n) is 8.14. The number of rotatable bonds is 4. The quantitative estimate of drug-likeness (QED) is 0.611. The number of carbonyl (C=O) groups is 3. The molecule has 1 aromatic heterocycles. The zero-order chi connectivity index (χ0) is 21.5. The molecule has 1 fully saturated rings. The molecule has 0 radical (unpaired) electrons. The van der Waals surface area contributed by atoms with Gasteiger partial charge in [-0.2, -0.15) is 0 Å². The number of hydrogen-bond donors (Lipinski definition) is 0. The maximum absolute atomic E-state index is 13.3. The summed E-state index contributed by atoms with van der Waals surface area (Å²) in [4.78, 5) is 42.2. The van der Waals surface area contributed by atoms with Crippen LogP contribution in [0, 0.1) is 0 Å². The number of fused-ring (bicyclic) bond motifs is 1. The van der Waals surface area contributed by atoms with Gasteiger partial charge in [-0.3, -0.25) is 19.3 Å². The van der Waals surface area contributed by atoms with Gasteiger partial charge >= 0.3 is 0 Å². The van der Waals surface area contributed by atoms with E-state index in [9.17, 15) is 14.4 Å². The highest BCUT2D eigenvalue weighted by atomic mass is 16.2. The third-order valence-electron chi connectivity index (χ3n) is 6.24. The molecule has 2 aliphatic rings. The summed E-state index contributed by atoms with van der Waals surface area (Å²) in [7, 11) is 1.98. The number of carbonyl (C=O) groups excluding carboxylic acids is 3. The Morgan fingerprint density at radius 2 is 1.74 bits per heavy atom. The molecule has 3 aromatic rings. The molecular formula is C25H23N3O3. The van der Waals surface area contributed by atoms with Gasteiger partial charge in [0.1, 0.15) is 0 Å². The Morgan fingerprint density at radius 3 is 2.48 bits per heavy atom. The van der Waals surface area contributed by atoms with Crippen LogP contribution in [0.3, 0.4) is 0 Å². The third kappa shape index (κ3) is 3.24. The van der Waals surface area contributed by atoms with Gasteiger partial charge in [-0.1, -0.05) is 30.3 Å². The zero-order valence-electron chi connectivity index (χ0n) is 17.3. The van der Waals surface area contributed by atoms with Crippen molar-refractivity contribution in [2.45, 2.75) is 25.4 Å². The lowest BCUT2D eigenvalue weighted by atomic mass is 10.0. The highest BCUT2D eigenvalue weighted by Crippen LogP contribution is 2.34. The minimum Gasteiger partial charge on any atom is -0.353 e. The fraction of sp³-hybridized carbons (Fsp3) is 0.240. The molecule has 6 heteroatoms. The number of imide groups is 1. The molecule has 0 spiro atoms. The number of aromatic nitrogens is 1. The maximum atomic E-state index is 13.3. The number of aryl methyl sites for hydroxylation is 1. The molecule has 0 bridgehead atoms.